The first kappa shape index (κ1) is 20.8. The molecule has 5 heteroatoms. The Hall–Kier alpha value is -2.95. The molecule has 0 saturated heterocycles. The molecule has 0 radical (unpaired) electrons. The van der Waals surface area contributed by atoms with Crippen LogP contribution < -0.4 is 9.47 Å². The maximum Gasteiger partial charge on any atom is 0.167 e. The quantitative estimate of drug-likeness (QED) is 0.486. The Kier molecular flexibility index (Phi) is 6.47. The highest BCUT2D eigenvalue weighted by molar-refractivity contribution is 5.70. The van der Waals surface area contributed by atoms with Crippen molar-refractivity contribution in [2.75, 3.05) is 7.11 Å². The number of pyridine rings is 1. The molecule has 0 aliphatic carbocycles. The standard InChI is InChI=1S/C24H25F2NO2/c1-5-16-8-7-9-17(6-2)24(16)21-13-23(28-4)19(15(3)27-21)14-29-22-11-10-18(25)12-20(22)26/h7-13H,5-6,14H2,1-4H3. The number of aryl methyl sites for hydroxylation is 3. The highest BCUT2D eigenvalue weighted by Crippen LogP contribution is 2.33. The van der Waals surface area contributed by atoms with E-state index in [-0.39, 0.29) is 12.4 Å². The van der Waals surface area contributed by atoms with Gasteiger partial charge in [-0.25, -0.2) is 8.78 Å². The van der Waals surface area contributed by atoms with Crippen molar-refractivity contribution in [2.45, 2.75) is 40.2 Å². The van der Waals surface area contributed by atoms with Gasteiger partial charge in [0.25, 0.3) is 0 Å². The highest BCUT2D eigenvalue weighted by atomic mass is 19.1. The normalized spacial score (nSPS) is 10.8. The molecule has 1 heterocycles. The second kappa shape index (κ2) is 9.03. The molecule has 29 heavy (non-hydrogen) atoms. The second-order valence-corrected chi connectivity index (χ2v) is 6.80. The topological polar surface area (TPSA) is 31.4 Å². The Balaban J connectivity index is 1.99. The monoisotopic (exact) mass is 397 g/mol. The van der Waals surface area contributed by atoms with Gasteiger partial charge in [-0.3, -0.25) is 4.98 Å². The third-order valence-electron chi connectivity index (χ3n) is 5.03. The number of aromatic nitrogens is 1. The largest absolute Gasteiger partial charge is 0.496 e. The Morgan fingerprint density at radius 2 is 1.62 bits per heavy atom. The summed E-state index contributed by atoms with van der Waals surface area (Å²) in [4.78, 5) is 4.80. The molecule has 3 rings (SSSR count). The van der Waals surface area contributed by atoms with Gasteiger partial charge in [-0.15, -0.1) is 0 Å². The smallest absolute Gasteiger partial charge is 0.167 e. The first-order valence-corrected chi connectivity index (χ1v) is 9.71. The number of hydrogen-bond donors (Lipinski definition) is 0. The van der Waals surface area contributed by atoms with E-state index in [4.69, 9.17) is 14.5 Å². The molecule has 0 aliphatic heterocycles. The summed E-state index contributed by atoms with van der Waals surface area (Å²) in [5.41, 5.74) is 5.93. The van der Waals surface area contributed by atoms with E-state index in [1.54, 1.807) is 7.11 Å². The average molecular weight is 397 g/mol. The molecule has 0 aliphatic rings. The Morgan fingerprint density at radius 1 is 0.931 bits per heavy atom. The van der Waals surface area contributed by atoms with E-state index in [0.717, 1.165) is 47.5 Å². The maximum absolute atomic E-state index is 13.9. The number of ether oxygens (including phenoxy) is 2. The molecule has 152 valence electrons. The van der Waals surface area contributed by atoms with Crippen molar-refractivity contribution in [1.82, 2.24) is 4.98 Å². The van der Waals surface area contributed by atoms with Crippen molar-refractivity contribution >= 4 is 0 Å². The average Bonchev–Trinajstić information content (AvgIpc) is 2.72. The molecule has 0 saturated carbocycles. The van der Waals surface area contributed by atoms with Crippen LogP contribution in [0.4, 0.5) is 8.78 Å². The summed E-state index contributed by atoms with van der Waals surface area (Å²) >= 11 is 0. The van der Waals surface area contributed by atoms with Crippen LogP contribution in [0.5, 0.6) is 11.5 Å². The van der Waals surface area contributed by atoms with Gasteiger partial charge in [0.2, 0.25) is 0 Å². The van der Waals surface area contributed by atoms with Crippen molar-refractivity contribution in [2.24, 2.45) is 0 Å². The molecular weight excluding hydrogens is 372 g/mol. The molecule has 0 unspecified atom stereocenters. The maximum atomic E-state index is 13.9. The van der Waals surface area contributed by atoms with Crippen LogP contribution in [0, 0.1) is 18.6 Å². The number of benzene rings is 2. The zero-order valence-electron chi connectivity index (χ0n) is 17.2. The van der Waals surface area contributed by atoms with Gasteiger partial charge < -0.3 is 9.47 Å². The van der Waals surface area contributed by atoms with Crippen LogP contribution in [-0.2, 0) is 19.4 Å². The first-order chi connectivity index (χ1) is 14.0. The van der Waals surface area contributed by atoms with Gasteiger partial charge in [0.1, 0.15) is 18.2 Å². The van der Waals surface area contributed by atoms with Gasteiger partial charge in [-0.05, 0) is 43.0 Å². The van der Waals surface area contributed by atoms with Gasteiger partial charge in [-0.1, -0.05) is 32.0 Å². The summed E-state index contributed by atoms with van der Waals surface area (Å²) in [6.45, 7) is 6.20. The number of methoxy groups -OCH3 is 1. The lowest BCUT2D eigenvalue weighted by molar-refractivity contribution is 0.280. The second-order valence-electron chi connectivity index (χ2n) is 6.80. The van der Waals surface area contributed by atoms with Crippen LogP contribution in [0.1, 0.15) is 36.2 Å². The zero-order valence-corrected chi connectivity index (χ0v) is 17.2. The van der Waals surface area contributed by atoms with Crippen molar-refractivity contribution in [1.29, 1.82) is 0 Å². The number of rotatable bonds is 7. The van der Waals surface area contributed by atoms with E-state index >= 15 is 0 Å². The summed E-state index contributed by atoms with van der Waals surface area (Å²) < 4.78 is 38.1. The van der Waals surface area contributed by atoms with Crippen LogP contribution in [0.25, 0.3) is 11.3 Å². The first-order valence-electron chi connectivity index (χ1n) is 9.71. The van der Waals surface area contributed by atoms with Crippen molar-refractivity contribution in [3.05, 3.63) is 76.5 Å². The highest BCUT2D eigenvalue weighted by Gasteiger charge is 2.17. The van der Waals surface area contributed by atoms with Gasteiger partial charge in [0, 0.05) is 23.4 Å². The summed E-state index contributed by atoms with van der Waals surface area (Å²) in [6, 6.07) is 11.5. The minimum atomic E-state index is -0.740. The van der Waals surface area contributed by atoms with Gasteiger partial charge >= 0.3 is 0 Å². The van der Waals surface area contributed by atoms with Crippen LogP contribution in [0.3, 0.4) is 0 Å². The molecule has 2 aromatic carbocycles. The predicted octanol–water partition coefficient (Wildman–Crippen LogP) is 6.05. The Labute approximate surface area is 170 Å². The Bertz CT molecular complexity index is 996. The van der Waals surface area contributed by atoms with E-state index < -0.39 is 11.6 Å². The fraction of sp³-hybridized carbons (Fsp3) is 0.292. The lowest BCUT2D eigenvalue weighted by atomic mass is 9.94. The minimum Gasteiger partial charge on any atom is -0.496 e. The van der Waals surface area contributed by atoms with Crippen LogP contribution >= 0.6 is 0 Å². The number of hydrogen-bond acceptors (Lipinski definition) is 3. The molecule has 0 N–H and O–H groups in total. The van der Waals surface area contributed by atoms with E-state index in [0.29, 0.717) is 5.75 Å². The molecule has 0 bridgehead atoms. The molecular formula is C24H25F2NO2. The lowest BCUT2D eigenvalue weighted by Crippen LogP contribution is -2.06. The van der Waals surface area contributed by atoms with Crippen molar-refractivity contribution in [3.8, 4) is 22.8 Å². The number of nitrogens with zero attached hydrogens (tertiary/aromatic N) is 1. The molecule has 3 aromatic rings. The molecule has 0 spiro atoms. The fourth-order valence-corrected chi connectivity index (χ4v) is 3.47. The molecule has 3 nitrogen and oxygen atoms in total. The zero-order chi connectivity index (χ0) is 21.0. The summed E-state index contributed by atoms with van der Waals surface area (Å²) in [5, 5.41) is 0. The van der Waals surface area contributed by atoms with Crippen molar-refractivity contribution < 1.29 is 18.3 Å². The summed E-state index contributed by atoms with van der Waals surface area (Å²) in [7, 11) is 1.59. The molecule has 0 amide bonds. The number of halogens is 2. The Morgan fingerprint density at radius 3 is 2.21 bits per heavy atom. The molecule has 1 aromatic heterocycles. The lowest BCUT2D eigenvalue weighted by Gasteiger charge is -2.17. The minimum absolute atomic E-state index is 0.0125. The van der Waals surface area contributed by atoms with Crippen LogP contribution in [0.15, 0.2) is 42.5 Å². The van der Waals surface area contributed by atoms with E-state index in [9.17, 15) is 8.78 Å². The SMILES string of the molecule is CCc1cccc(CC)c1-c1cc(OC)c(COc2ccc(F)cc2F)c(C)n1. The van der Waals surface area contributed by atoms with E-state index in [1.807, 2.05) is 13.0 Å². The van der Waals surface area contributed by atoms with Gasteiger partial charge in [0.15, 0.2) is 11.6 Å². The van der Waals surface area contributed by atoms with Crippen molar-refractivity contribution in [3.63, 3.8) is 0 Å². The van der Waals surface area contributed by atoms with Gasteiger partial charge in [0.05, 0.1) is 18.4 Å². The summed E-state index contributed by atoms with van der Waals surface area (Å²) in [6.07, 6.45) is 1.81. The molecule has 0 fully saturated rings. The third kappa shape index (κ3) is 4.39. The fourth-order valence-electron chi connectivity index (χ4n) is 3.47. The van der Waals surface area contributed by atoms with Crippen LogP contribution in [0.2, 0.25) is 0 Å². The van der Waals surface area contributed by atoms with E-state index in [2.05, 4.69) is 32.0 Å². The third-order valence-corrected chi connectivity index (χ3v) is 5.03. The summed E-state index contributed by atoms with van der Waals surface area (Å²) in [5.74, 6) is -0.767. The molecule has 0 atom stereocenters. The predicted molar refractivity (Wildman–Crippen MR) is 110 cm³/mol. The van der Waals surface area contributed by atoms with Gasteiger partial charge in [-0.2, -0.15) is 0 Å². The van der Waals surface area contributed by atoms with Crippen LogP contribution in [-0.4, -0.2) is 12.1 Å². The van der Waals surface area contributed by atoms with E-state index in [1.165, 1.54) is 17.2 Å².